The quantitative estimate of drug-likeness (QED) is 0.846. The highest BCUT2D eigenvalue weighted by atomic mass is 32.1. The summed E-state index contributed by atoms with van der Waals surface area (Å²) in [4.78, 5) is 23.1. The normalized spacial score (nSPS) is 10.4. The molecule has 0 saturated heterocycles. The van der Waals surface area contributed by atoms with Crippen molar-refractivity contribution in [2.24, 2.45) is 0 Å². The highest BCUT2D eigenvalue weighted by Gasteiger charge is 2.21. The van der Waals surface area contributed by atoms with Crippen molar-refractivity contribution in [2.75, 3.05) is 7.05 Å². The van der Waals surface area contributed by atoms with E-state index in [9.17, 15) is 9.59 Å². The van der Waals surface area contributed by atoms with Gasteiger partial charge < -0.3 is 10.4 Å². The molecule has 0 aliphatic rings. The van der Waals surface area contributed by atoms with E-state index in [-0.39, 0.29) is 24.6 Å². The minimum atomic E-state index is -1.13. The molecular weight excluding hydrogens is 268 g/mol. The largest absolute Gasteiger partial charge is 0.476 e. The van der Waals surface area contributed by atoms with Crippen molar-refractivity contribution >= 4 is 23.2 Å². The minimum absolute atomic E-state index is 0.0978. The number of carboxylic acids is 1. The van der Waals surface area contributed by atoms with Gasteiger partial charge in [-0.15, -0.1) is 16.4 Å². The number of nitrogens with one attached hydrogen (secondary N) is 1. The highest BCUT2D eigenvalue weighted by molar-refractivity contribution is 7.13. The van der Waals surface area contributed by atoms with Crippen LogP contribution in [0.25, 0.3) is 10.6 Å². The van der Waals surface area contributed by atoms with Gasteiger partial charge in [-0.3, -0.25) is 4.79 Å². The number of nitrogens with zero attached hydrogens (tertiary/aromatic N) is 3. The van der Waals surface area contributed by atoms with Gasteiger partial charge >= 0.3 is 5.97 Å². The summed E-state index contributed by atoms with van der Waals surface area (Å²) in [6, 6.07) is 3.62. The van der Waals surface area contributed by atoms with Crippen LogP contribution in [0.2, 0.25) is 0 Å². The number of hydrogen-bond acceptors (Lipinski definition) is 5. The Morgan fingerprint density at radius 1 is 1.53 bits per heavy atom. The van der Waals surface area contributed by atoms with Gasteiger partial charge in [-0.25, -0.2) is 9.48 Å². The Hall–Kier alpha value is -2.22. The van der Waals surface area contributed by atoms with Crippen LogP contribution in [0.1, 0.15) is 16.9 Å². The van der Waals surface area contributed by atoms with Crippen LogP contribution >= 0.6 is 11.3 Å². The summed E-state index contributed by atoms with van der Waals surface area (Å²) >= 11 is 1.40. The zero-order chi connectivity index (χ0) is 13.8. The third kappa shape index (κ3) is 2.79. The Bertz CT molecular complexity index is 591. The fraction of sp³-hybridized carbons (Fsp3) is 0.273. The number of thiophene rings is 1. The van der Waals surface area contributed by atoms with E-state index in [2.05, 4.69) is 15.6 Å². The van der Waals surface area contributed by atoms with Crippen LogP contribution in [0.3, 0.4) is 0 Å². The SMILES string of the molecule is CNC(=O)CCn1nnc(C(=O)O)c1-c1cccs1. The molecule has 0 radical (unpaired) electrons. The first-order valence-corrected chi connectivity index (χ1v) is 6.42. The van der Waals surface area contributed by atoms with E-state index in [1.54, 1.807) is 13.1 Å². The first kappa shape index (κ1) is 13.2. The standard InChI is InChI=1S/C11H12N4O3S/c1-12-8(16)4-5-15-10(7-3-2-6-19-7)9(11(17)18)13-14-15/h2-3,6H,4-5H2,1H3,(H,12,16)(H,17,18). The summed E-state index contributed by atoms with van der Waals surface area (Å²) in [7, 11) is 1.55. The maximum Gasteiger partial charge on any atom is 0.358 e. The molecule has 2 N–H and O–H groups in total. The van der Waals surface area contributed by atoms with E-state index in [0.717, 1.165) is 4.88 Å². The van der Waals surface area contributed by atoms with Crippen molar-refractivity contribution in [3.8, 4) is 10.6 Å². The summed E-state index contributed by atoms with van der Waals surface area (Å²) < 4.78 is 1.45. The second-order valence-electron chi connectivity index (χ2n) is 3.72. The number of amides is 1. The fourth-order valence-corrected chi connectivity index (χ4v) is 2.38. The zero-order valence-corrected chi connectivity index (χ0v) is 11.0. The molecule has 0 unspecified atom stereocenters. The molecule has 19 heavy (non-hydrogen) atoms. The summed E-state index contributed by atoms with van der Waals surface area (Å²) in [6.45, 7) is 0.285. The number of carboxylic acid groups (broad SMARTS) is 1. The molecule has 2 heterocycles. The second-order valence-corrected chi connectivity index (χ2v) is 4.66. The third-order valence-electron chi connectivity index (χ3n) is 2.52. The number of carbonyl (C=O) groups is 2. The average molecular weight is 280 g/mol. The van der Waals surface area contributed by atoms with Crippen LogP contribution in [-0.4, -0.2) is 39.0 Å². The summed E-state index contributed by atoms with van der Waals surface area (Å²) in [5, 5.41) is 20.9. The smallest absolute Gasteiger partial charge is 0.358 e. The van der Waals surface area contributed by atoms with Crippen molar-refractivity contribution in [3.63, 3.8) is 0 Å². The molecule has 7 nitrogen and oxygen atoms in total. The predicted molar refractivity (Wildman–Crippen MR) is 69.0 cm³/mol. The molecular formula is C11H12N4O3S. The molecule has 2 aromatic heterocycles. The van der Waals surface area contributed by atoms with Gasteiger partial charge in [0, 0.05) is 13.5 Å². The molecule has 8 heteroatoms. The first-order valence-electron chi connectivity index (χ1n) is 5.54. The lowest BCUT2D eigenvalue weighted by molar-refractivity contribution is -0.120. The molecule has 0 fully saturated rings. The van der Waals surface area contributed by atoms with Crippen LogP contribution in [0.5, 0.6) is 0 Å². The first-order chi connectivity index (χ1) is 9.13. The van der Waals surface area contributed by atoms with Crippen LogP contribution in [0.15, 0.2) is 17.5 Å². The minimum Gasteiger partial charge on any atom is -0.476 e. The molecule has 0 aliphatic heterocycles. The van der Waals surface area contributed by atoms with Crippen LogP contribution < -0.4 is 5.32 Å². The summed E-state index contributed by atoms with van der Waals surface area (Å²) in [6.07, 6.45) is 0.220. The topological polar surface area (TPSA) is 97.1 Å². The number of carbonyl (C=O) groups excluding carboxylic acids is 1. The van der Waals surface area contributed by atoms with Crippen molar-refractivity contribution in [1.82, 2.24) is 20.3 Å². The van der Waals surface area contributed by atoms with E-state index in [0.29, 0.717) is 5.69 Å². The lowest BCUT2D eigenvalue weighted by Crippen LogP contribution is -2.20. The second kappa shape index (κ2) is 5.61. The Balaban J connectivity index is 2.34. The van der Waals surface area contributed by atoms with Crippen LogP contribution in [-0.2, 0) is 11.3 Å². The Kier molecular flexibility index (Phi) is 3.91. The van der Waals surface area contributed by atoms with Crippen molar-refractivity contribution in [1.29, 1.82) is 0 Å². The molecule has 2 rings (SSSR count). The number of aromatic carboxylic acids is 1. The molecule has 0 aliphatic carbocycles. The lowest BCUT2D eigenvalue weighted by atomic mass is 10.2. The predicted octanol–water partition coefficient (Wildman–Crippen LogP) is 0.841. The van der Waals surface area contributed by atoms with Gasteiger partial charge in [0.1, 0.15) is 5.69 Å². The molecule has 0 spiro atoms. The molecule has 100 valence electrons. The van der Waals surface area contributed by atoms with Crippen molar-refractivity contribution < 1.29 is 14.7 Å². The monoisotopic (exact) mass is 280 g/mol. The average Bonchev–Trinajstić information content (AvgIpc) is 3.03. The van der Waals surface area contributed by atoms with Crippen molar-refractivity contribution in [2.45, 2.75) is 13.0 Å². The summed E-state index contributed by atoms with van der Waals surface area (Å²) in [5.74, 6) is -1.26. The van der Waals surface area contributed by atoms with Gasteiger partial charge in [0.05, 0.1) is 11.4 Å². The van der Waals surface area contributed by atoms with E-state index in [4.69, 9.17) is 5.11 Å². The van der Waals surface area contributed by atoms with E-state index in [1.807, 2.05) is 11.4 Å². The van der Waals surface area contributed by atoms with Crippen molar-refractivity contribution in [3.05, 3.63) is 23.2 Å². The molecule has 0 atom stereocenters. The Morgan fingerprint density at radius 2 is 2.32 bits per heavy atom. The van der Waals surface area contributed by atoms with Gasteiger partial charge in [0.2, 0.25) is 5.91 Å². The van der Waals surface area contributed by atoms with Crippen LogP contribution in [0.4, 0.5) is 0 Å². The lowest BCUT2D eigenvalue weighted by Gasteiger charge is -2.04. The third-order valence-corrected chi connectivity index (χ3v) is 3.40. The molecule has 2 aromatic rings. The Labute approximate surface area is 112 Å². The molecule has 0 saturated carbocycles. The fourth-order valence-electron chi connectivity index (χ4n) is 1.60. The van der Waals surface area contributed by atoms with E-state index >= 15 is 0 Å². The number of aryl methyl sites for hydroxylation is 1. The van der Waals surface area contributed by atoms with Gasteiger partial charge in [0.15, 0.2) is 5.69 Å². The van der Waals surface area contributed by atoms with E-state index < -0.39 is 5.97 Å². The molecule has 0 bridgehead atoms. The molecule has 0 aromatic carbocycles. The Morgan fingerprint density at radius 3 is 2.89 bits per heavy atom. The highest BCUT2D eigenvalue weighted by Crippen LogP contribution is 2.27. The van der Waals surface area contributed by atoms with Gasteiger partial charge in [-0.05, 0) is 11.4 Å². The van der Waals surface area contributed by atoms with Gasteiger partial charge in [0.25, 0.3) is 0 Å². The van der Waals surface area contributed by atoms with Gasteiger partial charge in [-0.2, -0.15) is 0 Å². The number of hydrogen-bond donors (Lipinski definition) is 2. The molecule has 1 amide bonds. The maximum atomic E-state index is 11.2. The summed E-state index contributed by atoms with van der Waals surface area (Å²) in [5.41, 5.74) is 0.339. The van der Waals surface area contributed by atoms with Crippen LogP contribution in [0, 0.1) is 0 Å². The number of aromatic nitrogens is 3. The number of rotatable bonds is 5. The van der Waals surface area contributed by atoms with E-state index in [1.165, 1.54) is 16.0 Å². The van der Waals surface area contributed by atoms with Gasteiger partial charge in [-0.1, -0.05) is 11.3 Å². The maximum absolute atomic E-state index is 11.2. The zero-order valence-electron chi connectivity index (χ0n) is 10.2.